The molecule has 0 spiro atoms. The number of carbonyl (C=O) groups is 1. The molecule has 0 aliphatic rings. The minimum Gasteiger partial charge on any atom is -0.486 e. The lowest BCUT2D eigenvalue weighted by molar-refractivity contribution is 0.0933. The van der Waals surface area contributed by atoms with Gasteiger partial charge >= 0.3 is 0 Å². The van der Waals surface area contributed by atoms with E-state index in [9.17, 15) is 4.79 Å². The fourth-order valence-corrected chi connectivity index (χ4v) is 1.74. The van der Waals surface area contributed by atoms with E-state index in [1.165, 1.54) is 0 Å². The minimum absolute atomic E-state index is 0.0616. The lowest BCUT2D eigenvalue weighted by atomic mass is 10.2. The molecule has 1 aromatic heterocycles. The maximum Gasteiger partial charge on any atom is 0.273 e. The highest BCUT2D eigenvalue weighted by Gasteiger charge is 2.14. The van der Waals surface area contributed by atoms with Crippen molar-refractivity contribution in [1.82, 2.24) is 10.3 Å². The molecule has 0 aliphatic carbocycles. The summed E-state index contributed by atoms with van der Waals surface area (Å²) in [7, 11) is 0. The van der Waals surface area contributed by atoms with Crippen LogP contribution in [0.1, 0.15) is 29.9 Å². The third-order valence-corrected chi connectivity index (χ3v) is 2.64. The van der Waals surface area contributed by atoms with E-state index >= 15 is 0 Å². The average molecular weight is 270 g/mol. The number of nitrogens with one attached hydrogen (secondary N) is 1. The maximum atomic E-state index is 12.0. The van der Waals surface area contributed by atoms with Crippen molar-refractivity contribution in [2.24, 2.45) is 0 Å². The average Bonchev–Trinajstić information content (AvgIpc) is 2.46. The molecule has 4 nitrogen and oxygen atoms in total. The Labute approximate surface area is 118 Å². The van der Waals surface area contributed by atoms with Crippen molar-refractivity contribution in [2.75, 3.05) is 0 Å². The number of hydrogen-bond acceptors (Lipinski definition) is 3. The van der Waals surface area contributed by atoms with Gasteiger partial charge in [0, 0.05) is 12.2 Å². The summed E-state index contributed by atoms with van der Waals surface area (Å²) in [5, 5.41) is 2.82. The molecule has 2 rings (SSSR count). The first-order valence-electron chi connectivity index (χ1n) is 6.59. The fourth-order valence-electron chi connectivity index (χ4n) is 1.74. The predicted octanol–water partition coefficient (Wildman–Crippen LogP) is 2.80. The van der Waals surface area contributed by atoms with Crippen LogP contribution in [-0.4, -0.2) is 16.9 Å². The van der Waals surface area contributed by atoms with E-state index in [0.717, 1.165) is 5.56 Å². The molecule has 2 aromatic rings. The zero-order valence-electron chi connectivity index (χ0n) is 11.7. The second kappa shape index (κ2) is 6.70. The molecule has 20 heavy (non-hydrogen) atoms. The first-order valence-corrected chi connectivity index (χ1v) is 6.59. The molecular formula is C16H18N2O2. The van der Waals surface area contributed by atoms with E-state index in [-0.39, 0.29) is 11.9 Å². The highest BCUT2D eigenvalue weighted by molar-refractivity contribution is 5.95. The topological polar surface area (TPSA) is 51.2 Å². The first-order chi connectivity index (χ1) is 9.66. The Bertz CT molecular complexity index is 568. The Morgan fingerprint density at radius 1 is 1.20 bits per heavy atom. The van der Waals surface area contributed by atoms with Gasteiger partial charge in [-0.05, 0) is 31.5 Å². The van der Waals surface area contributed by atoms with Crippen LogP contribution in [0.2, 0.25) is 0 Å². The zero-order chi connectivity index (χ0) is 14.4. The van der Waals surface area contributed by atoms with Gasteiger partial charge in [0.25, 0.3) is 5.91 Å². The Morgan fingerprint density at radius 2 is 1.95 bits per heavy atom. The summed E-state index contributed by atoms with van der Waals surface area (Å²) in [6.07, 6.45) is 1.59. The van der Waals surface area contributed by atoms with Crippen molar-refractivity contribution in [2.45, 2.75) is 26.5 Å². The molecule has 0 saturated heterocycles. The summed E-state index contributed by atoms with van der Waals surface area (Å²) >= 11 is 0. The molecule has 0 atom stereocenters. The highest BCUT2D eigenvalue weighted by Crippen LogP contribution is 2.17. The second-order valence-electron chi connectivity index (χ2n) is 4.75. The molecule has 104 valence electrons. The van der Waals surface area contributed by atoms with Crippen LogP contribution in [0.5, 0.6) is 5.75 Å². The van der Waals surface area contributed by atoms with E-state index in [1.807, 2.05) is 44.2 Å². The van der Waals surface area contributed by atoms with Crippen molar-refractivity contribution in [3.05, 3.63) is 59.9 Å². The Balaban J connectivity index is 2.10. The van der Waals surface area contributed by atoms with Crippen molar-refractivity contribution in [1.29, 1.82) is 0 Å². The molecule has 0 unspecified atom stereocenters. The number of pyridine rings is 1. The molecule has 0 saturated carbocycles. The molecule has 4 heteroatoms. The largest absolute Gasteiger partial charge is 0.486 e. The third-order valence-electron chi connectivity index (χ3n) is 2.64. The predicted molar refractivity (Wildman–Crippen MR) is 77.6 cm³/mol. The summed E-state index contributed by atoms with van der Waals surface area (Å²) in [6.45, 7) is 4.23. The number of ether oxygens (including phenoxy) is 1. The SMILES string of the molecule is CC(C)NC(=O)c1ncccc1OCc1ccccc1. The highest BCUT2D eigenvalue weighted by atomic mass is 16.5. The number of carbonyl (C=O) groups excluding carboxylic acids is 1. The molecule has 0 fully saturated rings. The summed E-state index contributed by atoms with van der Waals surface area (Å²) in [4.78, 5) is 16.1. The van der Waals surface area contributed by atoms with E-state index in [0.29, 0.717) is 18.1 Å². The van der Waals surface area contributed by atoms with Crippen LogP contribution in [0, 0.1) is 0 Å². The summed E-state index contributed by atoms with van der Waals surface area (Å²) in [5.41, 5.74) is 1.36. The van der Waals surface area contributed by atoms with Gasteiger partial charge in [0.05, 0.1) is 0 Å². The van der Waals surface area contributed by atoms with Crippen molar-refractivity contribution >= 4 is 5.91 Å². The lowest BCUT2D eigenvalue weighted by Crippen LogP contribution is -2.31. The zero-order valence-corrected chi connectivity index (χ0v) is 11.7. The van der Waals surface area contributed by atoms with E-state index < -0.39 is 0 Å². The second-order valence-corrected chi connectivity index (χ2v) is 4.75. The lowest BCUT2D eigenvalue weighted by Gasteiger charge is -2.12. The van der Waals surface area contributed by atoms with Gasteiger partial charge in [0.1, 0.15) is 6.61 Å². The minimum atomic E-state index is -0.219. The van der Waals surface area contributed by atoms with Crippen LogP contribution < -0.4 is 10.1 Å². The summed E-state index contributed by atoms with van der Waals surface area (Å²) < 4.78 is 5.70. The number of rotatable bonds is 5. The molecule has 0 aliphatic heterocycles. The fraction of sp³-hybridized carbons (Fsp3) is 0.250. The van der Waals surface area contributed by atoms with Crippen LogP contribution in [0.25, 0.3) is 0 Å². The van der Waals surface area contributed by atoms with Crippen LogP contribution in [0.4, 0.5) is 0 Å². The van der Waals surface area contributed by atoms with Crippen LogP contribution in [-0.2, 0) is 6.61 Å². The molecule has 1 N–H and O–H groups in total. The number of benzene rings is 1. The van der Waals surface area contributed by atoms with Gasteiger partial charge in [0.2, 0.25) is 0 Å². The van der Waals surface area contributed by atoms with Gasteiger partial charge in [-0.2, -0.15) is 0 Å². The molecule has 1 amide bonds. The standard InChI is InChI=1S/C16H18N2O2/c1-12(2)18-16(19)15-14(9-6-10-17-15)20-11-13-7-4-3-5-8-13/h3-10,12H,11H2,1-2H3,(H,18,19). The van der Waals surface area contributed by atoms with Crippen LogP contribution in [0.3, 0.4) is 0 Å². The quantitative estimate of drug-likeness (QED) is 0.909. The Morgan fingerprint density at radius 3 is 2.65 bits per heavy atom. The summed E-state index contributed by atoms with van der Waals surface area (Å²) in [5.74, 6) is 0.276. The third kappa shape index (κ3) is 3.82. The van der Waals surface area contributed by atoms with Gasteiger partial charge in [-0.15, -0.1) is 0 Å². The van der Waals surface area contributed by atoms with E-state index in [4.69, 9.17) is 4.74 Å². The monoisotopic (exact) mass is 270 g/mol. The van der Waals surface area contributed by atoms with Crippen molar-refractivity contribution in [3.8, 4) is 5.75 Å². The van der Waals surface area contributed by atoms with Crippen LogP contribution >= 0.6 is 0 Å². The summed E-state index contributed by atoms with van der Waals surface area (Å²) in [6, 6.07) is 13.4. The van der Waals surface area contributed by atoms with Crippen molar-refractivity contribution < 1.29 is 9.53 Å². The van der Waals surface area contributed by atoms with E-state index in [2.05, 4.69) is 10.3 Å². The normalized spacial score (nSPS) is 10.3. The number of aromatic nitrogens is 1. The molecule has 0 bridgehead atoms. The number of amides is 1. The van der Waals surface area contributed by atoms with Gasteiger partial charge in [-0.1, -0.05) is 30.3 Å². The van der Waals surface area contributed by atoms with Gasteiger partial charge < -0.3 is 10.1 Å². The maximum absolute atomic E-state index is 12.0. The van der Waals surface area contributed by atoms with Gasteiger partial charge in [-0.3, -0.25) is 4.79 Å². The molecule has 1 heterocycles. The molecule has 1 aromatic carbocycles. The van der Waals surface area contributed by atoms with Crippen LogP contribution in [0.15, 0.2) is 48.7 Å². The number of nitrogens with zero attached hydrogens (tertiary/aromatic N) is 1. The van der Waals surface area contributed by atoms with Crippen molar-refractivity contribution in [3.63, 3.8) is 0 Å². The number of hydrogen-bond donors (Lipinski definition) is 1. The molecule has 0 radical (unpaired) electrons. The van der Waals surface area contributed by atoms with Gasteiger partial charge in [-0.25, -0.2) is 4.98 Å². The van der Waals surface area contributed by atoms with E-state index in [1.54, 1.807) is 18.3 Å². The smallest absolute Gasteiger partial charge is 0.273 e. The molecular weight excluding hydrogens is 252 g/mol. The Hall–Kier alpha value is -2.36. The van der Waals surface area contributed by atoms with Gasteiger partial charge in [0.15, 0.2) is 11.4 Å². The Kier molecular flexibility index (Phi) is 4.71. The first kappa shape index (κ1) is 14.1.